The minimum Gasteiger partial charge on any atom is -0.338 e. The summed E-state index contributed by atoms with van der Waals surface area (Å²) in [6, 6.07) is 9.53. The Morgan fingerprint density at radius 3 is 2.75 bits per heavy atom. The first-order valence-electron chi connectivity index (χ1n) is 6.89. The minimum absolute atomic E-state index is 0.154. The molecule has 106 valence electrons. The van der Waals surface area contributed by atoms with Crippen LogP contribution >= 0.6 is 0 Å². The first-order chi connectivity index (χ1) is 9.78. The van der Waals surface area contributed by atoms with Crippen molar-refractivity contribution in [3.8, 4) is 0 Å². The van der Waals surface area contributed by atoms with Gasteiger partial charge in [0.2, 0.25) is 0 Å². The largest absolute Gasteiger partial charge is 0.338 e. The lowest BCUT2D eigenvalue weighted by Gasteiger charge is -2.08. The Kier molecular flexibility index (Phi) is 5.17. The summed E-state index contributed by atoms with van der Waals surface area (Å²) in [5.41, 5.74) is 1.94. The van der Waals surface area contributed by atoms with E-state index in [1.807, 2.05) is 41.2 Å². The Balaban J connectivity index is 1.83. The maximum Gasteiger partial charge on any atom is 0.319 e. The van der Waals surface area contributed by atoms with E-state index in [1.165, 1.54) is 0 Å². The Hall–Kier alpha value is -2.30. The molecule has 0 saturated carbocycles. The molecule has 0 aliphatic rings. The van der Waals surface area contributed by atoms with E-state index >= 15 is 0 Å². The Bertz CT molecular complexity index is 519. The van der Waals surface area contributed by atoms with Crippen LogP contribution in [-0.2, 0) is 6.54 Å². The Morgan fingerprint density at radius 2 is 2.10 bits per heavy atom. The number of hydrogen-bond acceptors (Lipinski definition) is 2. The van der Waals surface area contributed by atoms with Gasteiger partial charge in [0.05, 0.1) is 6.54 Å². The molecule has 0 atom stereocenters. The van der Waals surface area contributed by atoms with Gasteiger partial charge in [-0.05, 0) is 30.2 Å². The molecule has 1 aromatic carbocycles. The van der Waals surface area contributed by atoms with E-state index in [0.29, 0.717) is 6.54 Å². The van der Waals surface area contributed by atoms with E-state index in [-0.39, 0.29) is 6.03 Å². The topological polar surface area (TPSA) is 59.0 Å². The number of benzene rings is 1. The lowest BCUT2D eigenvalue weighted by molar-refractivity contribution is 0.252. The number of unbranched alkanes of at least 4 members (excludes halogenated alkanes) is 1. The van der Waals surface area contributed by atoms with Gasteiger partial charge in [-0.2, -0.15) is 5.10 Å². The highest BCUT2D eigenvalue weighted by molar-refractivity contribution is 5.89. The third-order valence-corrected chi connectivity index (χ3v) is 2.93. The standard InChI is InChI=1S/C15H20N4O/c1-2-3-9-16-15(20)18-14-7-5-13(6-8-14)12-19-11-4-10-17-19/h4-8,10-11H,2-3,9,12H2,1H3,(H2,16,18,20). The van der Waals surface area contributed by atoms with Crippen LogP contribution in [0.4, 0.5) is 10.5 Å². The predicted octanol–water partition coefficient (Wildman–Crippen LogP) is 2.85. The number of nitrogens with zero attached hydrogens (tertiary/aromatic N) is 2. The third kappa shape index (κ3) is 4.42. The van der Waals surface area contributed by atoms with Gasteiger partial charge in [-0.25, -0.2) is 4.79 Å². The number of nitrogens with one attached hydrogen (secondary N) is 2. The molecule has 0 radical (unpaired) electrons. The molecule has 2 amide bonds. The Morgan fingerprint density at radius 1 is 1.30 bits per heavy atom. The molecule has 2 rings (SSSR count). The van der Waals surface area contributed by atoms with Gasteiger partial charge in [0.25, 0.3) is 0 Å². The monoisotopic (exact) mass is 272 g/mol. The fourth-order valence-corrected chi connectivity index (χ4v) is 1.83. The lowest BCUT2D eigenvalue weighted by Crippen LogP contribution is -2.29. The number of amides is 2. The average molecular weight is 272 g/mol. The molecule has 0 saturated heterocycles. The first kappa shape index (κ1) is 14.1. The molecule has 0 fully saturated rings. The van der Waals surface area contributed by atoms with Gasteiger partial charge >= 0.3 is 6.03 Å². The fourth-order valence-electron chi connectivity index (χ4n) is 1.83. The molecule has 5 heteroatoms. The summed E-state index contributed by atoms with van der Waals surface area (Å²) in [6.45, 7) is 3.54. The third-order valence-electron chi connectivity index (χ3n) is 2.93. The van der Waals surface area contributed by atoms with Crippen molar-refractivity contribution in [2.24, 2.45) is 0 Å². The van der Waals surface area contributed by atoms with Crippen molar-refractivity contribution in [3.05, 3.63) is 48.3 Å². The first-order valence-corrected chi connectivity index (χ1v) is 6.89. The second-order valence-corrected chi connectivity index (χ2v) is 4.64. The van der Waals surface area contributed by atoms with Crippen LogP contribution in [0.5, 0.6) is 0 Å². The molecule has 1 aromatic heterocycles. The molecular weight excluding hydrogens is 252 g/mol. The van der Waals surface area contributed by atoms with E-state index in [2.05, 4.69) is 22.7 Å². The Labute approximate surface area is 119 Å². The van der Waals surface area contributed by atoms with E-state index in [9.17, 15) is 4.79 Å². The van der Waals surface area contributed by atoms with Crippen LogP contribution in [0.25, 0.3) is 0 Å². The minimum atomic E-state index is -0.154. The van der Waals surface area contributed by atoms with Crippen LogP contribution in [0.1, 0.15) is 25.3 Å². The number of hydrogen-bond donors (Lipinski definition) is 2. The quantitative estimate of drug-likeness (QED) is 0.794. The molecule has 0 aliphatic heterocycles. The highest BCUT2D eigenvalue weighted by Gasteiger charge is 2.01. The molecule has 0 spiro atoms. The zero-order chi connectivity index (χ0) is 14.2. The number of anilines is 1. The zero-order valence-corrected chi connectivity index (χ0v) is 11.7. The van der Waals surface area contributed by atoms with Crippen molar-refractivity contribution in [2.75, 3.05) is 11.9 Å². The zero-order valence-electron chi connectivity index (χ0n) is 11.7. The van der Waals surface area contributed by atoms with Gasteiger partial charge in [0, 0.05) is 24.6 Å². The summed E-state index contributed by atoms with van der Waals surface area (Å²) < 4.78 is 1.86. The number of urea groups is 1. The summed E-state index contributed by atoms with van der Waals surface area (Å²) in [5.74, 6) is 0. The van der Waals surface area contributed by atoms with Crippen LogP contribution in [0.2, 0.25) is 0 Å². The van der Waals surface area contributed by atoms with Crippen LogP contribution in [-0.4, -0.2) is 22.4 Å². The summed E-state index contributed by atoms with van der Waals surface area (Å²) in [4.78, 5) is 11.6. The van der Waals surface area contributed by atoms with Gasteiger partial charge in [0.1, 0.15) is 0 Å². The van der Waals surface area contributed by atoms with E-state index in [1.54, 1.807) is 6.20 Å². The number of aromatic nitrogens is 2. The van der Waals surface area contributed by atoms with E-state index < -0.39 is 0 Å². The van der Waals surface area contributed by atoms with Gasteiger partial charge < -0.3 is 10.6 Å². The molecule has 2 aromatic rings. The van der Waals surface area contributed by atoms with Crippen molar-refractivity contribution in [1.29, 1.82) is 0 Å². The summed E-state index contributed by atoms with van der Waals surface area (Å²) in [5, 5.41) is 9.79. The molecule has 2 N–H and O–H groups in total. The highest BCUT2D eigenvalue weighted by Crippen LogP contribution is 2.10. The fraction of sp³-hybridized carbons (Fsp3) is 0.333. The maximum atomic E-state index is 11.6. The summed E-state index contributed by atoms with van der Waals surface area (Å²) in [7, 11) is 0. The van der Waals surface area contributed by atoms with Gasteiger partial charge in [-0.1, -0.05) is 25.5 Å². The van der Waals surface area contributed by atoms with Crippen LogP contribution in [0, 0.1) is 0 Å². The molecule has 1 heterocycles. The molecule has 0 bridgehead atoms. The van der Waals surface area contributed by atoms with Crippen LogP contribution < -0.4 is 10.6 Å². The smallest absolute Gasteiger partial charge is 0.319 e. The van der Waals surface area contributed by atoms with Crippen LogP contribution in [0.15, 0.2) is 42.7 Å². The van der Waals surface area contributed by atoms with Crippen molar-refractivity contribution >= 4 is 11.7 Å². The molecule has 0 aliphatic carbocycles. The molecular formula is C15H20N4O. The second kappa shape index (κ2) is 7.33. The van der Waals surface area contributed by atoms with Crippen molar-refractivity contribution < 1.29 is 4.79 Å². The SMILES string of the molecule is CCCCNC(=O)Nc1ccc(Cn2cccn2)cc1. The summed E-state index contributed by atoms with van der Waals surface area (Å²) in [6.07, 6.45) is 5.75. The molecule has 0 unspecified atom stereocenters. The average Bonchev–Trinajstić information content (AvgIpc) is 2.94. The highest BCUT2D eigenvalue weighted by atomic mass is 16.2. The van der Waals surface area contributed by atoms with Crippen molar-refractivity contribution in [3.63, 3.8) is 0 Å². The predicted molar refractivity (Wildman–Crippen MR) is 79.7 cm³/mol. The van der Waals surface area contributed by atoms with Gasteiger partial charge in [-0.15, -0.1) is 0 Å². The van der Waals surface area contributed by atoms with E-state index in [4.69, 9.17) is 0 Å². The molecule has 20 heavy (non-hydrogen) atoms. The summed E-state index contributed by atoms with van der Waals surface area (Å²) >= 11 is 0. The van der Waals surface area contributed by atoms with Gasteiger partial charge in [-0.3, -0.25) is 4.68 Å². The molecule has 5 nitrogen and oxygen atoms in total. The second-order valence-electron chi connectivity index (χ2n) is 4.64. The number of rotatable bonds is 6. The van der Waals surface area contributed by atoms with Gasteiger partial charge in [0.15, 0.2) is 0 Å². The van der Waals surface area contributed by atoms with E-state index in [0.717, 1.165) is 30.6 Å². The lowest BCUT2D eigenvalue weighted by atomic mass is 10.2. The van der Waals surface area contributed by atoms with Crippen LogP contribution in [0.3, 0.4) is 0 Å². The number of carbonyl (C=O) groups is 1. The normalized spacial score (nSPS) is 10.2. The van der Waals surface area contributed by atoms with Crippen molar-refractivity contribution in [1.82, 2.24) is 15.1 Å². The maximum absolute atomic E-state index is 11.6. The number of carbonyl (C=O) groups excluding carboxylic acids is 1. The van der Waals surface area contributed by atoms with Crippen molar-refractivity contribution in [2.45, 2.75) is 26.3 Å².